The first kappa shape index (κ1) is 10.3. The normalized spacial score (nSPS) is 7.75. The van der Waals surface area contributed by atoms with Crippen molar-refractivity contribution in [3.8, 4) is 0 Å². The van der Waals surface area contributed by atoms with E-state index in [9.17, 15) is 0 Å². The van der Waals surface area contributed by atoms with Crippen molar-refractivity contribution in [2.24, 2.45) is 0 Å². The van der Waals surface area contributed by atoms with Crippen LogP contribution in [0, 0.1) is 10.1 Å². The Hall–Kier alpha value is -1.69. The molecule has 0 atom stereocenters. The fourth-order valence-electron chi connectivity index (χ4n) is 0.373. The van der Waals surface area contributed by atoms with Crippen LogP contribution in [0.25, 0.3) is 0 Å². The van der Waals surface area contributed by atoms with Gasteiger partial charge in [-0.2, -0.15) is 0 Å². The minimum atomic E-state index is -1.04. The summed E-state index contributed by atoms with van der Waals surface area (Å²) in [6.45, 7) is 0. The Kier molecular flexibility index (Phi) is 6.37. The van der Waals surface area contributed by atoms with Crippen LogP contribution in [-0.2, 0) is 9.88 Å². The first-order chi connectivity index (χ1) is 5.77. The highest BCUT2D eigenvalue weighted by Crippen LogP contribution is 1.73. The van der Waals surface area contributed by atoms with Gasteiger partial charge in [0, 0.05) is 12.4 Å². The van der Waals surface area contributed by atoms with Gasteiger partial charge >= 0.3 is 5.09 Å². The van der Waals surface area contributed by atoms with Crippen molar-refractivity contribution in [1.82, 2.24) is 4.98 Å². The van der Waals surface area contributed by atoms with E-state index in [1.165, 1.54) is 0 Å². The molecule has 1 heterocycles. The lowest BCUT2D eigenvalue weighted by atomic mass is 10.5. The number of pyridine rings is 1. The molecule has 6 nitrogen and oxygen atoms in total. The van der Waals surface area contributed by atoms with E-state index < -0.39 is 5.09 Å². The van der Waals surface area contributed by atoms with Crippen LogP contribution in [0.1, 0.15) is 0 Å². The second-order valence-electron chi connectivity index (χ2n) is 1.49. The second-order valence-corrected chi connectivity index (χ2v) is 1.49. The fraction of sp³-hybridized carbons (Fsp3) is 0.167. The van der Waals surface area contributed by atoms with E-state index >= 15 is 0 Å². The van der Waals surface area contributed by atoms with Gasteiger partial charge in [0.15, 0.2) is 0 Å². The molecule has 1 aromatic rings. The Morgan fingerprint density at radius 3 is 2.00 bits per heavy atom. The molecule has 0 amide bonds. The fourth-order valence-corrected chi connectivity index (χ4v) is 0.373. The van der Waals surface area contributed by atoms with Gasteiger partial charge in [-0.15, -0.1) is 15.1 Å². The summed E-state index contributed by atoms with van der Waals surface area (Å²) in [6.07, 6.45) is 3.50. The molecule has 66 valence electrons. The van der Waals surface area contributed by atoms with Crippen LogP contribution in [0.2, 0.25) is 0 Å². The van der Waals surface area contributed by atoms with E-state index in [4.69, 9.17) is 10.1 Å². The van der Waals surface area contributed by atoms with E-state index in [0.717, 1.165) is 7.11 Å². The molecule has 0 aliphatic heterocycles. The van der Waals surface area contributed by atoms with Crippen molar-refractivity contribution in [2.45, 2.75) is 0 Å². The summed E-state index contributed by atoms with van der Waals surface area (Å²) in [5.74, 6) is 0. The summed E-state index contributed by atoms with van der Waals surface area (Å²) in [5, 5.41) is 8.02. The minimum Gasteiger partial charge on any atom is -0.265 e. The van der Waals surface area contributed by atoms with Crippen molar-refractivity contribution >= 4 is 0 Å². The Balaban J connectivity index is 0.000000202. The number of nitrogens with zero attached hydrogens (tertiary/aromatic N) is 2. The smallest absolute Gasteiger partial charge is 0.265 e. The lowest BCUT2D eigenvalue weighted by Crippen LogP contribution is -1.96. The molecule has 0 aliphatic rings. The molecule has 0 saturated carbocycles. The van der Waals surface area contributed by atoms with Crippen molar-refractivity contribution in [3.05, 3.63) is 40.7 Å². The average Bonchev–Trinajstić information content (AvgIpc) is 2.08. The largest absolute Gasteiger partial charge is 0.322 e. The molecule has 0 radical (unpaired) electrons. The average molecular weight is 172 g/mol. The van der Waals surface area contributed by atoms with Crippen LogP contribution in [0.15, 0.2) is 30.6 Å². The molecule has 0 aliphatic carbocycles. The summed E-state index contributed by atoms with van der Waals surface area (Å²) in [5.41, 5.74) is 0. The number of rotatable bonds is 2. The molecular formula is C6H8N2O4. The minimum absolute atomic E-state index is 1.04. The highest BCUT2D eigenvalue weighted by atomic mass is 17.3. The molecule has 0 fully saturated rings. The first-order valence-electron chi connectivity index (χ1n) is 2.97. The lowest BCUT2D eigenvalue weighted by molar-refractivity contribution is -0.847. The first-order valence-corrected chi connectivity index (χ1v) is 2.97. The van der Waals surface area contributed by atoms with Crippen LogP contribution in [0.4, 0.5) is 0 Å². The number of hydrogen-bond acceptors (Lipinski definition) is 5. The van der Waals surface area contributed by atoms with Crippen LogP contribution < -0.4 is 0 Å². The molecule has 1 rings (SSSR count). The van der Waals surface area contributed by atoms with E-state index in [2.05, 4.69) is 14.9 Å². The van der Waals surface area contributed by atoms with Gasteiger partial charge < -0.3 is 0 Å². The summed E-state index contributed by atoms with van der Waals surface area (Å²) < 4.78 is 0. The van der Waals surface area contributed by atoms with Crippen molar-refractivity contribution < 1.29 is 15.0 Å². The summed E-state index contributed by atoms with van der Waals surface area (Å²) >= 11 is 0. The third-order valence-electron chi connectivity index (χ3n) is 0.702. The zero-order chi connectivity index (χ0) is 9.23. The summed E-state index contributed by atoms with van der Waals surface area (Å²) in [4.78, 5) is 19.7. The van der Waals surface area contributed by atoms with E-state index in [1.807, 2.05) is 18.2 Å². The maximum atomic E-state index is 9.06. The van der Waals surface area contributed by atoms with Gasteiger partial charge in [0.05, 0.1) is 7.11 Å². The van der Waals surface area contributed by atoms with Crippen LogP contribution in [-0.4, -0.2) is 17.2 Å². The third-order valence-corrected chi connectivity index (χ3v) is 0.702. The predicted octanol–water partition coefficient (Wildman–Crippen LogP) is 0.838. The molecule has 0 spiro atoms. The SMILES string of the molecule is COO[N+](=O)[O-].c1ccncc1. The topological polar surface area (TPSA) is 74.5 Å². The van der Waals surface area contributed by atoms with Gasteiger partial charge in [-0.25, -0.2) is 4.89 Å². The Morgan fingerprint density at radius 2 is 1.92 bits per heavy atom. The van der Waals surface area contributed by atoms with Gasteiger partial charge in [0.1, 0.15) is 0 Å². The maximum absolute atomic E-state index is 9.06. The molecule has 6 heteroatoms. The zero-order valence-electron chi connectivity index (χ0n) is 6.41. The quantitative estimate of drug-likeness (QED) is 0.375. The van der Waals surface area contributed by atoms with Gasteiger partial charge in [0.25, 0.3) is 0 Å². The van der Waals surface area contributed by atoms with Gasteiger partial charge in [-0.1, -0.05) is 6.07 Å². The molecule has 0 unspecified atom stereocenters. The standard InChI is InChI=1S/C5H5N.CH3NO4/c1-2-4-6-5-3-1;1-5-6-2(3)4/h1-5H;1H3. The molecule has 0 saturated heterocycles. The van der Waals surface area contributed by atoms with E-state index in [0.29, 0.717) is 0 Å². The van der Waals surface area contributed by atoms with Crippen LogP contribution in [0.3, 0.4) is 0 Å². The third kappa shape index (κ3) is 8.31. The van der Waals surface area contributed by atoms with Gasteiger partial charge in [-0.05, 0) is 12.1 Å². The zero-order valence-corrected chi connectivity index (χ0v) is 6.41. The maximum Gasteiger partial charge on any atom is 0.322 e. The molecule has 0 N–H and O–H groups in total. The molecule has 1 aromatic heterocycles. The van der Waals surface area contributed by atoms with E-state index in [-0.39, 0.29) is 0 Å². The number of aromatic nitrogens is 1. The van der Waals surface area contributed by atoms with Crippen molar-refractivity contribution in [1.29, 1.82) is 0 Å². The van der Waals surface area contributed by atoms with Crippen LogP contribution >= 0.6 is 0 Å². The highest BCUT2D eigenvalue weighted by Gasteiger charge is 1.85. The second kappa shape index (κ2) is 7.42. The summed E-state index contributed by atoms with van der Waals surface area (Å²) in [7, 11) is 1.06. The monoisotopic (exact) mass is 172 g/mol. The molecule has 12 heavy (non-hydrogen) atoms. The molecule has 0 bridgehead atoms. The molecule has 0 aromatic carbocycles. The highest BCUT2D eigenvalue weighted by molar-refractivity contribution is 4.88. The Morgan fingerprint density at radius 1 is 1.33 bits per heavy atom. The molecular weight excluding hydrogens is 164 g/mol. The van der Waals surface area contributed by atoms with Crippen molar-refractivity contribution in [3.63, 3.8) is 0 Å². The van der Waals surface area contributed by atoms with Gasteiger partial charge in [-0.3, -0.25) is 4.98 Å². The number of hydrogen-bond donors (Lipinski definition) is 0. The Labute approximate surface area is 68.8 Å². The van der Waals surface area contributed by atoms with E-state index in [1.54, 1.807) is 12.4 Å². The lowest BCUT2D eigenvalue weighted by Gasteiger charge is -1.83. The Bertz CT molecular complexity index is 177. The van der Waals surface area contributed by atoms with Crippen LogP contribution in [0.5, 0.6) is 0 Å². The summed E-state index contributed by atoms with van der Waals surface area (Å²) in [6, 6.07) is 5.72. The van der Waals surface area contributed by atoms with Crippen molar-refractivity contribution in [2.75, 3.05) is 7.11 Å². The predicted molar refractivity (Wildman–Crippen MR) is 39.3 cm³/mol. The van der Waals surface area contributed by atoms with Gasteiger partial charge in [0.2, 0.25) is 0 Å².